The lowest BCUT2D eigenvalue weighted by molar-refractivity contribution is 0.0530. The molecule has 0 fully saturated rings. The molecular weight excluding hydrogens is 418 g/mol. The number of rotatable bonds is 6. The highest BCUT2D eigenvalue weighted by Gasteiger charge is 2.17. The van der Waals surface area contributed by atoms with Crippen molar-refractivity contribution < 1.29 is 14.3 Å². The van der Waals surface area contributed by atoms with E-state index in [2.05, 4.69) is 26.1 Å². The van der Waals surface area contributed by atoms with Gasteiger partial charge in [0.15, 0.2) is 11.5 Å². The number of carbonyl (C=O) groups excluding carboxylic acids is 1. The molecule has 0 saturated heterocycles. The van der Waals surface area contributed by atoms with Gasteiger partial charge < -0.3 is 20.1 Å². The van der Waals surface area contributed by atoms with Gasteiger partial charge in [0, 0.05) is 18.7 Å². The van der Waals surface area contributed by atoms with Crippen molar-refractivity contribution in [1.82, 2.24) is 19.7 Å². The second kappa shape index (κ2) is 8.97. The van der Waals surface area contributed by atoms with E-state index in [9.17, 15) is 4.79 Å². The van der Waals surface area contributed by atoms with Crippen LogP contribution in [0.2, 0.25) is 0 Å². The minimum atomic E-state index is -0.533. The molecule has 4 rings (SSSR count). The zero-order valence-corrected chi connectivity index (χ0v) is 19.6. The molecule has 0 aliphatic carbocycles. The SMILES string of the molecule is COc1cc(-c2cnc3c(NCCNC(=O)OC(C)(C)C)nc4ccccc4n23)ccc1C. The summed E-state index contributed by atoms with van der Waals surface area (Å²) in [5, 5.41) is 6.06. The maximum Gasteiger partial charge on any atom is 0.407 e. The first-order valence-corrected chi connectivity index (χ1v) is 10.9. The number of fused-ring (bicyclic) bond motifs is 3. The molecule has 8 heteroatoms. The van der Waals surface area contributed by atoms with Crippen LogP contribution in [-0.2, 0) is 4.74 Å². The fourth-order valence-corrected chi connectivity index (χ4v) is 3.64. The summed E-state index contributed by atoms with van der Waals surface area (Å²) >= 11 is 0. The fourth-order valence-electron chi connectivity index (χ4n) is 3.64. The Kier molecular flexibility index (Phi) is 6.09. The number of nitrogens with zero attached hydrogens (tertiary/aromatic N) is 3. The Balaban J connectivity index is 1.65. The number of anilines is 1. The van der Waals surface area contributed by atoms with Crippen LogP contribution in [0.15, 0.2) is 48.7 Å². The van der Waals surface area contributed by atoms with E-state index in [4.69, 9.17) is 14.5 Å². The van der Waals surface area contributed by atoms with E-state index < -0.39 is 11.7 Å². The van der Waals surface area contributed by atoms with Crippen molar-refractivity contribution in [2.75, 3.05) is 25.5 Å². The molecule has 0 radical (unpaired) electrons. The molecule has 0 unspecified atom stereocenters. The van der Waals surface area contributed by atoms with Crippen LogP contribution in [0.4, 0.5) is 10.6 Å². The number of hydrogen-bond donors (Lipinski definition) is 2. The average Bonchev–Trinajstić information content (AvgIpc) is 3.21. The first-order chi connectivity index (χ1) is 15.8. The third kappa shape index (κ3) is 4.84. The predicted octanol–water partition coefficient (Wildman–Crippen LogP) is 4.80. The molecule has 0 aliphatic heterocycles. The van der Waals surface area contributed by atoms with E-state index in [0.29, 0.717) is 24.6 Å². The van der Waals surface area contributed by atoms with E-state index in [1.165, 1.54) is 0 Å². The van der Waals surface area contributed by atoms with Gasteiger partial charge in [-0.3, -0.25) is 4.40 Å². The third-order valence-corrected chi connectivity index (χ3v) is 5.12. The summed E-state index contributed by atoms with van der Waals surface area (Å²) in [7, 11) is 1.67. The number of methoxy groups -OCH3 is 1. The molecule has 8 nitrogen and oxygen atoms in total. The van der Waals surface area contributed by atoms with Gasteiger partial charge in [0.1, 0.15) is 11.4 Å². The molecule has 1 amide bonds. The normalized spacial score (nSPS) is 11.5. The zero-order valence-electron chi connectivity index (χ0n) is 19.6. The minimum absolute atomic E-state index is 0.387. The Labute approximate surface area is 193 Å². The van der Waals surface area contributed by atoms with Gasteiger partial charge in [-0.1, -0.05) is 24.3 Å². The number of carbonyl (C=O) groups is 1. The standard InChI is InChI=1S/C25H29N5O3/c1-16-10-11-17(14-21(16)32-5)20-15-28-23-22(26-12-13-27-24(31)33-25(2,3)4)29-18-8-6-7-9-19(18)30(20)23/h6-11,14-15H,12-13H2,1-5H3,(H,26,29)(H,27,31). The summed E-state index contributed by atoms with van der Waals surface area (Å²) in [4.78, 5) is 21.3. The number of benzene rings is 2. The number of hydrogen-bond acceptors (Lipinski definition) is 6. The van der Waals surface area contributed by atoms with Crippen molar-refractivity contribution in [3.63, 3.8) is 0 Å². The Hall–Kier alpha value is -3.81. The first kappa shape index (κ1) is 22.4. The molecule has 0 spiro atoms. The first-order valence-electron chi connectivity index (χ1n) is 10.9. The van der Waals surface area contributed by atoms with Gasteiger partial charge in [-0.05, 0) is 51.5 Å². The van der Waals surface area contributed by atoms with Crippen LogP contribution in [0.25, 0.3) is 27.9 Å². The Morgan fingerprint density at radius 2 is 1.91 bits per heavy atom. The molecule has 4 aromatic rings. The number of amides is 1. The quantitative estimate of drug-likeness (QED) is 0.413. The van der Waals surface area contributed by atoms with Crippen molar-refractivity contribution in [3.05, 3.63) is 54.2 Å². The smallest absolute Gasteiger partial charge is 0.407 e. The Bertz CT molecular complexity index is 1310. The Morgan fingerprint density at radius 1 is 1.12 bits per heavy atom. The molecule has 0 aliphatic rings. The molecule has 0 atom stereocenters. The molecule has 0 saturated carbocycles. The highest BCUT2D eigenvalue weighted by Crippen LogP contribution is 2.31. The number of aromatic nitrogens is 3. The fraction of sp³-hybridized carbons (Fsp3) is 0.320. The summed E-state index contributed by atoms with van der Waals surface area (Å²) in [6, 6.07) is 14.1. The molecule has 0 bridgehead atoms. The van der Waals surface area contributed by atoms with Crippen LogP contribution < -0.4 is 15.4 Å². The van der Waals surface area contributed by atoms with Crippen molar-refractivity contribution in [2.24, 2.45) is 0 Å². The van der Waals surface area contributed by atoms with Crippen molar-refractivity contribution in [1.29, 1.82) is 0 Å². The number of alkyl carbamates (subject to hydrolysis) is 1. The van der Waals surface area contributed by atoms with Crippen molar-refractivity contribution >= 4 is 28.6 Å². The van der Waals surface area contributed by atoms with Crippen molar-refractivity contribution in [3.8, 4) is 17.0 Å². The highest BCUT2D eigenvalue weighted by atomic mass is 16.6. The Morgan fingerprint density at radius 3 is 2.67 bits per heavy atom. The van der Waals surface area contributed by atoms with E-state index in [-0.39, 0.29) is 0 Å². The van der Waals surface area contributed by atoms with Gasteiger partial charge in [0.05, 0.1) is 30.0 Å². The minimum Gasteiger partial charge on any atom is -0.496 e. The van der Waals surface area contributed by atoms with Crippen LogP contribution in [0, 0.1) is 6.92 Å². The second-order valence-corrected chi connectivity index (χ2v) is 8.79. The van der Waals surface area contributed by atoms with Crippen LogP contribution >= 0.6 is 0 Å². The van der Waals surface area contributed by atoms with Gasteiger partial charge in [0.2, 0.25) is 0 Å². The summed E-state index contributed by atoms with van der Waals surface area (Å²) < 4.78 is 12.9. The van der Waals surface area contributed by atoms with Gasteiger partial charge in [-0.25, -0.2) is 14.8 Å². The third-order valence-electron chi connectivity index (χ3n) is 5.12. The van der Waals surface area contributed by atoms with E-state index in [0.717, 1.165) is 33.6 Å². The van der Waals surface area contributed by atoms with Gasteiger partial charge >= 0.3 is 6.09 Å². The van der Waals surface area contributed by atoms with E-state index >= 15 is 0 Å². The van der Waals surface area contributed by atoms with Crippen LogP contribution in [0.3, 0.4) is 0 Å². The second-order valence-electron chi connectivity index (χ2n) is 8.79. The maximum absolute atomic E-state index is 11.9. The topological polar surface area (TPSA) is 89.8 Å². The van der Waals surface area contributed by atoms with Crippen LogP contribution in [-0.4, -0.2) is 46.3 Å². The highest BCUT2D eigenvalue weighted by molar-refractivity contribution is 5.86. The largest absolute Gasteiger partial charge is 0.496 e. The monoisotopic (exact) mass is 447 g/mol. The molecule has 2 N–H and O–H groups in total. The van der Waals surface area contributed by atoms with Gasteiger partial charge in [-0.15, -0.1) is 0 Å². The number of para-hydroxylation sites is 2. The summed E-state index contributed by atoms with van der Waals surface area (Å²) in [6.45, 7) is 8.38. The van der Waals surface area contributed by atoms with Crippen LogP contribution in [0.5, 0.6) is 5.75 Å². The number of nitrogens with one attached hydrogen (secondary N) is 2. The lowest BCUT2D eigenvalue weighted by Gasteiger charge is -2.19. The molecule has 2 heterocycles. The zero-order chi connectivity index (χ0) is 23.6. The molecular formula is C25H29N5O3. The van der Waals surface area contributed by atoms with Gasteiger partial charge in [-0.2, -0.15) is 0 Å². The van der Waals surface area contributed by atoms with Crippen molar-refractivity contribution in [2.45, 2.75) is 33.3 Å². The molecule has 172 valence electrons. The van der Waals surface area contributed by atoms with Crippen LogP contribution in [0.1, 0.15) is 26.3 Å². The van der Waals surface area contributed by atoms with E-state index in [1.807, 2.05) is 70.3 Å². The number of ether oxygens (including phenoxy) is 2. The molecule has 2 aromatic carbocycles. The molecule has 2 aromatic heterocycles. The lowest BCUT2D eigenvalue weighted by atomic mass is 10.1. The molecule has 33 heavy (non-hydrogen) atoms. The summed E-state index contributed by atoms with van der Waals surface area (Å²) in [6.07, 6.45) is 1.40. The maximum atomic E-state index is 11.9. The van der Waals surface area contributed by atoms with E-state index in [1.54, 1.807) is 7.11 Å². The van der Waals surface area contributed by atoms with Gasteiger partial charge in [0.25, 0.3) is 0 Å². The summed E-state index contributed by atoms with van der Waals surface area (Å²) in [5.41, 5.74) is 4.98. The number of imidazole rings is 1. The average molecular weight is 448 g/mol. The number of aryl methyl sites for hydroxylation is 1. The predicted molar refractivity (Wildman–Crippen MR) is 130 cm³/mol. The lowest BCUT2D eigenvalue weighted by Crippen LogP contribution is -2.35. The summed E-state index contributed by atoms with van der Waals surface area (Å²) in [5.74, 6) is 1.47.